The maximum Gasteiger partial charge on any atom is 0.267 e. The zero-order chi connectivity index (χ0) is 14.0. The summed E-state index contributed by atoms with van der Waals surface area (Å²) in [5.74, 6) is -0.330. The number of hydrogen-bond donors (Lipinski definition) is 1. The standard InChI is InChI=1S/C12H12FN3O2S/c1-16(12-4-2-3-7-15-12)19(17,18)11-6-5-9(13)8-10(11)14/h2-8H,14H2,1H3. The van der Waals surface area contributed by atoms with Crippen LogP contribution in [0.2, 0.25) is 0 Å². The molecule has 0 radical (unpaired) electrons. The molecule has 0 spiro atoms. The molecule has 0 amide bonds. The van der Waals surface area contributed by atoms with Gasteiger partial charge in [0.2, 0.25) is 0 Å². The molecule has 0 aliphatic rings. The first-order chi connectivity index (χ1) is 8.93. The number of nitrogens with zero attached hydrogens (tertiary/aromatic N) is 2. The maximum absolute atomic E-state index is 13.0. The van der Waals surface area contributed by atoms with Crippen LogP contribution in [0.4, 0.5) is 15.9 Å². The quantitative estimate of drug-likeness (QED) is 0.867. The molecule has 7 heteroatoms. The van der Waals surface area contributed by atoms with Crippen molar-refractivity contribution in [1.29, 1.82) is 0 Å². The Balaban J connectivity index is 2.48. The third-order valence-corrected chi connectivity index (χ3v) is 4.42. The molecule has 100 valence electrons. The average molecular weight is 281 g/mol. The predicted octanol–water partition coefficient (Wildman–Crippen LogP) is 1.63. The Morgan fingerprint density at radius 3 is 2.58 bits per heavy atom. The largest absolute Gasteiger partial charge is 0.398 e. The van der Waals surface area contributed by atoms with Crippen molar-refractivity contribution in [1.82, 2.24) is 4.98 Å². The molecule has 0 bridgehead atoms. The summed E-state index contributed by atoms with van der Waals surface area (Å²) < 4.78 is 38.7. The Hall–Kier alpha value is -2.15. The van der Waals surface area contributed by atoms with Gasteiger partial charge in [0.1, 0.15) is 16.5 Å². The molecule has 1 aromatic heterocycles. The van der Waals surface area contributed by atoms with Crippen LogP contribution in [0.25, 0.3) is 0 Å². The Bertz CT molecular complexity index is 689. The normalized spacial score (nSPS) is 11.3. The number of aromatic nitrogens is 1. The number of rotatable bonds is 3. The Labute approximate surface area is 110 Å². The van der Waals surface area contributed by atoms with Gasteiger partial charge in [-0.2, -0.15) is 0 Å². The molecule has 2 N–H and O–H groups in total. The molecule has 0 saturated carbocycles. The van der Waals surface area contributed by atoms with Crippen LogP contribution in [0.5, 0.6) is 0 Å². The first-order valence-corrected chi connectivity index (χ1v) is 6.82. The number of anilines is 2. The third kappa shape index (κ3) is 2.50. The van der Waals surface area contributed by atoms with Gasteiger partial charge in [-0.05, 0) is 30.3 Å². The van der Waals surface area contributed by atoms with Crippen molar-refractivity contribution in [2.45, 2.75) is 4.90 Å². The predicted molar refractivity (Wildman–Crippen MR) is 70.6 cm³/mol. The molecule has 0 saturated heterocycles. The summed E-state index contributed by atoms with van der Waals surface area (Å²) in [6.07, 6.45) is 1.48. The van der Waals surface area contributed by atoms with Crippen LogP contribution < -0.4 is 10.0 Å². The van der Waals surface area contributed by atoms with E-state index in [0.717, 1.165) is 22.5 Å². The first kappa shape index (κ1) is 13.3. The summed E-state index contributed by atoms with van der Waals surface area (Å²) in [7, 11) is -2.50. The van der Waals surface area contributed by atoms with Crippen molar-refractivity contribution in [2.75, 3.05) is 17.1 Å². The first-order valence-electron chi connectivity index (χ1n) is 5.38. The second-order valence-corrected chi connectivity index (χ2v) is 5.78. The minimum Gasteiger partial charge on any atom is -0.398 e. The lowest BCUT2D eigenvalue weighted by atomic mass is 10.3. The number of halogens is 1. The molecule has 0 fully saturated rings. The van der Waals surface area contributed by atoms with E-state index in [1.807, 2.05) is 0 Å². The second-order valence-electron chi connectivity index (χ2n) is 3.84. The molecule has 19 heavy (non-hydrogen) atoms. The molecule has 0 atom stereocenters. The molecular formula is C12H12FN3O2S. The van der Waals surface area contributed by atoms with Gasteiger partial charge in [-0.1, -0.05) is 6.07 Å². The number of pyridine rings is 1. The highest BCUT2D eigenvalue weighted by Crippen LogP contribution is 2.25. The van der Waals surface area contributed by atoms with E-state index >= 15 is 0 Å². The number of hydrogen-bond acceptors (Lipinski definition) is 4. The number of nitrogen functional groups attached to an aromatic ring is 1. The second kappa shape index (κ2) is 4.85. The fourth-order valence-corrected chi connectivity index (χ4v) is 2.81. The molecule has 2 rings (SSSR count). The van der Waals surface area contributed by atoms with Crippen LogP contribution >= 0.6 is 0 Å². The van der Waals surface area contributed by atoms with E-state index in [9.17, 15) is 12.8 Å². The highest BCUT2D eigenvalue weighted by molar-refractivity contribution is 7.93. The van der Waals surface area contributed by atoms with Crippen LogP contribution in [0.1, 0.15) is 0 Å². The van der Waals surface area contributed by atoms with E-state index < -0.39 is 15.8 Å². The van der Waals surface area contributed by atoms with Gasteiger partial charge in [0.05, 0.1) is 5.69 Å². The molecule has 0 aliphatic carbocycles. The van der Waals surface area contributed by atoms with E-state index in [1.54, 1.807) is 18.2 Å². The summed E-state index contributed by atoms with van der Waals surface area (Å²) in [6, 6.07) is 8.06. The van der Waals surface area contributed by atoms with Gasteiger partial charge in [-0.25, -0.2) is 17.8 Å². The zero-order valence-electron chi connectivity index (χ0n) is 10.1. The van der Waals surface area contributed by atoms with Crippen molar-refractivity contribution in [3.63, 3.8) is 0 Å². The van der Waals surface area contributed by atoms with Crippen LogP contribution in [0, 0.1) is 5.82 Å². The molecule has 1 heterocycles. The van der Waals surface area contributed by atoms with Crippen LogP contribution in [-0.4, -0.2) is 20.4 Å². The molecular weight excluding hydrogens is 269 g/mol. The minimum atomic E-state index is -3.86. The summed E-state index contributed by atoms with van der Waals surface area (Å²) in [6.45, 7) is 0. The Morgan fingerprint density at radius 2 is 2.00 bits per heavy atom. The number of sulfonamides is 1. The van der Waals surface area contributed by atoms with Crippen LogP contribution in [0.3, 0.4) is 0 Å². The van der Waals surface area contributed by atoms with Gasteiger partial charge in [0.25, 0.3) is 10.0 Å². The van der Waals surface area contributed by atoms with E-state index in [1.165, 1.54) is 13.2 Å². The fraction of sp³-hybridized carbons (Fsp3) is 0.0833. The highest BCUT2D eigenvalue weighted by atomic mass is 32.2. The zero-order valence-corrected chi connectivity index (χ0v) is 10.9. The highest BCUT2D eigenvalue weighted by Gasteiger charge is 2.24. The van der Waals surface area contributed by atoms with Crippen molar-refractivity contribution < 1.29 is 12.8 Å². The maximum atomic E-state index is 13.0. The topological polar surface area (TPSA) is 76.3 Å². The van der Waals surface area contributed by atoms with E-state index in [4.69, 9.17) is 5.73 Å². The summed E-state index contributed by atoms with van der Waals surface area (Å²) in [4.78, 5) is 3.80. The minimum absolute atomic E-state index is 0.136. The van der Waals surface area contributed by atoms with Crippen molar-refractivity contribution >= 4 is 21.5 Å². The van der Waals surface area contributed by atoms with Crippen LogP contribution in [0.15, 0.2) is 47.5 Å². The molecule has 5 nitrogen and oxygen atoms in total. The van der Waals surface area contributed by atoms with Crippen molar-refractivity contribution in [3.8, 4) is 0 Å². The number of benzene rings is 1. The summed E-state index contributed by atoms with van der Waals surface area (Å²) >= 11 is 0. The number of nitrogens with two attached hydrogens (primary N) is 1. The van der Waals surface area contributed by atoms with Gasteiger partial charge < -0.3 is 5.73 Å². The SMILES string of the molecule is CN(c1ccccn1)S(=O)(=O)c1ccc(F)cc1N. The van der Waals surface area contributed by atoms with Gasteiger partial charge in [-0.3, -0.25) is 4.31 Å². The lowest BCUT2D eigenvalue weighted by molar-refractivity contribution is 0.593. The van der Waals surface area contributed by atoms with E-state index in [-0.39, 0.29) is 16.4 Å². The van der Waals surface area contributed by atoms with Gasteiger partial charge in [0, 0.05) is 13.2 Å². The van der Waals surface area contributed by atoms with Crippen molar-refractivity contribution in [3.05, 3.63) is 48.4 Å². The fourth-order valence-electron chi connectivity index (χ4n) is 1.56. The van der Waals surface area contributed by atoms with Crippen molar-refractivity contribution in [2.24, 2.45) is 0 Å². The monoisotopic (exact) mass is 281 g/mol. The molecule has 1 aromatic carbocycles. The Morgan fingerprint density at radius 1 is 1.26 bits per heavy atom. The smallest absolute Gasteiger partial charge is 0.267 e. The molecule has 0 aliphatic heterocycles. The van der Waals surface area contributed by atoms with Crippen LogP contribution in [-0.2, 0) is 10.0 Å². The van der Waals surface area contributed by atoms with Gasteiger partial charge in [-0.15, -0.1) is 0 Å². The third-order valence-electron chi connectivity index (χ3n) is 2.58. The van der Waals surface area contributed by atoms with Gasteiger partial charge >= 0.3 is 0 Å². The lowest BCUT2D eigenvalue weighted by Crippen LogP contribution is -2.28. The van der Waals surface area contributed by atoms with Gasteiger partial charge in [0.15, 0.2) is 0 Å². The van der Waals surface area contributed by atoms with E-state index in [2.05, 4.69) is 4.98 Å². The average Bonchev–Trinajstić information content (AvgIpc) is 2.38. The van der Waals surface area contributed by atoms with E-state index in [0.29, 0.717) is 0 Å². The molecule has 2 aromatic rings. The summed E-state index contributed by atoms with van der Waals surface area (Å²) in [5, 5.41) is 0. The molecule has 0 unspecified atom stereocenters. The summed E-state index contributed by atoms with van der Waals surface area (Å²) in [5.41, 5.74) is 5.42. The Kier molecular flexibility index (Phi) is 3.39. The lowest BCUT2D eigenvalue weighted by Gasteiger charge is -2.19.